The summed E-state index contributed by atoms with van der Waals surface area (Å²) in [6.07, 6.45) is 13.9. The van der Waals surface area contributed by atoms with Gasteiger partial charge in [-0.3, -0.25) is 0 Å². The monoisotopic (exact) mass is 251 g/mol. The maximum absolute atomic E-state index is 3.59. The Bertz CT molecular complexity index is 222. The molecule has 106 valence electrons. The lowest BCUT2D eigenvalue weighted by Crippen LogP contribution is -2.22. The van der Waals surface area contributed by atoms with Crippen LogP contribution < -0.4 is 5.32 Å². The first-order chi connectivity index (χ1) is 8.72. The van der Waals surface area contributed by atoms with Crippen molar-refractivity contribution in [2.45, 2.75) is 72.1 Å². The van der Waals surface area contributed by atoms with E-state index in [0.29, 0.717) is 0 Å². The Labute approximate surface area is 114 Å². The van der Waals surface area contributed by atoms with Gasteiger partial charge in [0.25, 0.3) is 0 Å². The van der Waals surface area contributed by atoms with E-state index in [9.17, 15) is 0 Å². The maximum Gasteiger partial charge on any atom is 0.0164 e. The SMILES string of the molecule is CCC(=CC1CCCCCCC1)CNCC(C)C. The molecule has 0 aromatic heterocycles. The van der Waals surface area contributed by atoms with Crippen molar-refractivity contribution >= 4 is 0 Å². The zero-order valence-electron chi connectivity index (χ0n) is 12.8. The highest BCUT2D eigenvalue weighted by Crippen LogP contribution is 2.24. The van der Waals surface area contributed by atoms with Crippen LogP contribution in [0.5, 0.6) is 0 Å². The van der Waals surface area contributed by atoms with Crippen molar-refractivity contribution in [1.82, 2.24) is 5.32 Å². The number of hydrogen-bond donors (Lipinski definition) is 1. The summed E-state index contributed by atoms with van der Waals surface area (Å²) in [6, 6.07) is 0. The summed E-state index contributed by atoms with van der Waals surface area (Å²) < 4.78 is 0. The topological polar surface area (TPSA) is 12.0 Å². The molecule has 0 aromatic carbocycles. The smallest absolute Gasteiger partial charge is 0.0164 e. The molecule has 18 heavy (non-hydrogen) atoms. The molecule has 1 aliphatic rings. The van der Waals surface area contributed by atoms with Gasteiger partial charge in [0.2, 0.25) is 0 Å². The van der Waals surface area contributed by atoms with E-state index in [1.54, 1.807) is 5.57 Å². The second-order valence-corrected chi connectivity index (χ2v) is 6.31. The number of nitrogens with one attached hydrogen (secondary N) is 1. The summed E-state index contributed by atoms with van der Waals surface area (Å²) in [6.45, 7) is 9.09. The number of allylic oxidation sites excluding steroid dienone is 1. The van der Waals surface area contributed by atoms with E-state index in [0.717, 1.165) is 24.9 Å². The summed E-state index contributed by atoms with van der Waals surface area (Å²) in [5, 5.41) is 3.59. The van der Waals surface area contributed by atoms with Crippen LogP contribution >= 0.6 is 0 Å². The molecule has 0 atom stereocenters. The molecule has 1 rings (SSSR count). The molecule has 1 heteroatoms. The van der Waals surface area contributed by atoms with Crippen LogP contribution in [0.3, 0.4) is 0 Å². The third-order valence-corrected chi connectivity index (χ3v) is 3.98. The molecule has 1 nitrogen and oxygen atoms in total. The first kappa shape index (κ1) is 15.8. The Kier molecular flexibility index (Phi) is 8.41. The van der Waals surface area contributed by atoms with Crippen molar-refractivity contribution in [3.05, 3.63) is 11.6 Å². The Morgan fingerprint density at radius 3 is 2.28 bits per heavy atom. The molecule has 0 aromatic rings. The van der Waals surface area contributed by atoms with Crippen molar-refractivity contribution in [1.29, 1.82) is 0 Å². The van der Waals surface area contributed by atoms with Gasteiger partial charge < -0.3 is 5.32 Å². The highest BCUT2D eigenvalue weighted by atomic mass is 14.9. The summed E-state index contributed by atoms with van der Waals surface area (Å²) in [5.41, 5.74) is 1.63. The summed E-state index contributed by atoms with van der Waals surface area (Å²) in [7, 11) is 0. The summed E-state index contributed by atoms with van der Waals surface area (Å²) >= 11 is 0. The van der Waals surface area contributed by atoms with Gasteiger partial charge in [0.1, 0.15) is 0 Å². The lowest BCUT2D eigenvalue weighted by molar-refractivity contribution is 0.432. The molecule has 0 spiro atoms. The largest absolute Gasteiger partial charge is 0.313 e. The molecule has 0 heterocycles. The third-order valence-electron chi connectivity index (χ3n) is 3.98. The average Bonchev–Trinajstić information content (AvgIpc) is 2.30. The fourth-order valence-corrected chi connectivity index (χ4v) is 2.81. The van der Waals surface area contributed by atoms with Crippen molar-refractivity contribution in [3.8, 4) is 0 Å². The first-order valence-corrected chi connectivity index (χ1v) is 8.12. The molecule has 1 aliphatic carbocycles. The van der Waals surface area contributed by atoms with Crippen LogP contribution in [-0.2, 0) is 0 Å². The zero-order chi connectivity index (χ0) is 13.2. The van der Waals surface area contributed by atoms with Gasteiger partial charge in [-0.2, -0.15) is 0 Å². The standard InChI is InChI=1S/C17H33N/c1-4-16(14-18-13-15(2)3)12-17-10-8-6-5-7-9-11-17/h12,15,17-18H,4-11,13-14H2,1-3H3. The molecule has 0 amide bonds. The van der Waals surface area contributed by atoms with Gasteiger partial charge in [0.15, 0.2) is 0 Å². The van der Waals surface area contributed by atoms with Crippen LogP contribution in [0.4, 0.5) is 0 Å². The minimum absolute atomic E-state index is 0.754. The van der Waals surface area contributed by atoms with Gasteiger partial charge in [-0.1, -0.05) is 64.5 Å². The molecular formula is C17H33N. The van der Waals surface area contributed by atoms with Gasteiger partial charge in [0, 0.05) is 6.54 Å². The lowest BCUT2D eigenvalue weighted by atomic mass is 9.89. The van der Waals surface area contributed by atoms with E-state index in [1.807, 2.05) is 0 Å². The van der Waals surface area contributed by atoms with E-state index in [2.05, 4.69) is 32.2 Å². The van der Waals surface area contributed by atoms with E-state index in [-0.39, 0.29) is 0 Å². The van der Waals surface area contributed by atoms with Gasteiger partial charge in [0.05, 0.1) is 0 Å². The first-order valence-electron chi connectivity index (χ1n) is 8.12. The van der Waals surface area contributed by atoms with Crippen LogP contribution in [0.1, 0.15) is 72.1 Å². The van der Waals surface area contributed by atoms with Gasteiger partial charge >= 0.3 is 0 Å². The Morgan fingerprint density at radius 2 is 1.72 bits per heavy atom. The minimum Gasteiger partial charge on any atom is -0.313 e. The van der Waals surface area contributed by atoms with E-state index in [1.165, 1.54) is 51.4 Å². The predicted molar refractivity (Wildman–Crippen MR) is 81.9 cm³/mol. The average molecular weight is 251 g/mol. The summed E-state index contributed by atoms with van der Waals surface area (Å²) in [5.74, 6) is 1.62. The maximum atomic E-state index is 3.59. The van der Waals surface area contributed by atoms with Crippen LogP contribution in [0.25, 0.3) is 0 Å². The minimum atomic E-state index is 0.754. The van der Waals surface area contributed by atoms with Crippen molar-refractivity contribution in [3.63, 3.8) is 0 Å². The molecule has 1 N–H and O–H groups in total. The van der Waals surface area contributed by atoms with E-state index >= 15 is 0 Å². The van der Waals surface area contributed by atoms with Crippen molar-refractivity contribution in [2.24, 2.45) is 11.8 Å². The van der Waals surface area contributed by atoms with Crippen molar-refractivity contribution < 1.29 is 0 Å². The second kappa shape index (κ2) is 9.61. The second-order valence-electron chi connectivity index (χ2n) is 6.31. The molecule has 0 aliphatic heterocycles. The van der Waals surface area contributed by atoms with Gasteiger partial charge in [-0.25, -0.2) is 0 Å². The summed E-state index contributed by atoms with van der Waals surface area (Å²) in [4.78, 5) is 0. The Hall–Kier alpha value is -0.300. The fraction of sp³-hybridized carbons (Fsp3) is 0.882. The van der Waals surface area contributed by atoms with Crippen LogP contribution in [0.15, 0.2) is 11.6 Å². The highest BCUT2D eigenvalue weighted by Gasteiger charge is 2.09. The highest BCUT2D eigenvalue weighted by molar-refractivity contribution is 5.06. The fourth-order valence-electron chi connectivity index (χ4n) is 2.81. The molecule has 0 radical (unpaired) electrons. The molecule has 1 saturated carbocycles. The molecule has 0 bridgehead atoms. The Balaban J connectivity index is 2.37. The van der Waals surface area contributed by atoms with E-state index in [4.69, 9.17) is 0 Å². The van der Waals surface area contributed by atoms with Gasteiger partial charge in [-0.15, -0.1) is 0 Å². The van der Waals surface area contributed by atoms with Crippen molar-refractivity contribution in [2.75, 3.05) is 13.1 Å². The van der Waals surface area contributed by atoms with Crippen LogP contribution in [0, 0.1) is 11.8 Å². The molecule has 0 unspecified atom stereocenters. The lowest BCUT2D eigenvalue weighted by Gasteiger charge is -2.18. The quantitative estimate of drug-likeness (QED) is 0.660. The zero-order valence-corrected chi connectivity index (χ0v) is 12.8. The molecule has 1 fully saturated rings. The Morgan fingerprint density at radius 1 is 1.11 bits per heavy atom. The predicted octanol–water partition coefficient (Wildman–Crippen LogP) is 4.93. The van der Waals surface area contributed by atoms with Gasteiger partial charge in [-0.05, 0) is 37.6 Å². The molecule has 0 saturated heterocycles. The normalized spacial score (nSPS) is 19.9. The van der Waals surface area contributed by atoms with Crippen LogP contribution in [0.2, 0.25) is 0 Å². The third kappa shape index (κ3) is 7.20. The number of rotatable bonds is 6. The van der Waals surface area contributed by atoms with Crippen LogP contribution in [-0.4, -0.2) is 13.1 Å². The van der Waals surface area contributed by atoms with E-state index < -0.39 is 0 Å². The molecular weight excluding hydrogens is 218 g/mol. The number of hydrogen-bond acceptors (Lipinski definition) is 1.